The average Bonchev–Trinajstić information content (AvgIpc) is 2.42. The van der Waals surface area contributed by atoms with Crippen LogP contribution in [0.5, 0.6) is 5.75 Å². The van der Waals surface area contributed by atoms with E-state index in [1.54, 1.807) is 24.3 Å². The Kier molecular flexibility index (Phi) is 4.83. The lowest BCUT2D eigenvalue weighted by molar-refractivity contribution is 0.330. The number of allylic oxidation sites excluding steroid dienone is 1. The molecule has 0 unspecified atom stereocenters. The van der Waals surface area contributed by atoms with Gasteiger partial charge in [0.2, 0.25) is 10.0 Å². The maximum atomic E-state index is 12.5. The van der Waals surface area contributed by atoms with Gasteiger partial charge in [0.05, 0.1) is 6.61 Å². The fourth-order valence-electron chi connectivity index (χ4n) is 2.37. The SMILES string of the molecule is C=C1CCC(NS(=O)(=O)c2ccccc2OCC)CC1. The normalized spacial score (nSPS) is 17.1. The molecule has 2 rings (SSSR count). The first kappa shape index (κ1) is 15.1. The topological polar surface area (TPSA) is 55.4 Å². The Labute approximate surface area is 120 Å². The summed E-state index contributed by atoms with van der Waals surface area (Å²) in [6.07, 6.45) is 3.41. The molecule has 1 N–H and O–H groups in total. The molecular formula is C15H21NO3S. The second-order valence-corrected chi connectivity index (χ2v) is 6.71. The van der Waals surface area contributed by atoms with Crippen molar-refractivity contribution >= 4 is 10.0 Å². The smallest absolute Gasteiger partial charge is 0.244 e. The van der Waals surface area contributed by atoms with E-state index in [-0.39, 0.29) is 10.9 Å². The van der Waals surface area contributed by atoms with Crippen LogP contribution in [0.4, 0.5) is 0 Å². The molecule has 1 aromatic rings. The second kappa shape index (κ2) is 6.41. The summed E-state index contributed by atoms with van der Waals surface area (Å²) < 4.78 is 33.1. The highest BCUT2D eigenvalue weighted by molar-refractivity contribution is 7.89. The predicted octanol–water partition coefficient (Wildman–Crippen LogP) is 2.86. The number of hydrogen-bond donors (Lipinski definition) is 1. The van der Waals surface area contributed by atoms with Gasteiger partial charge in [-0.3, -0.25) is 0 Å². The largest absolute Gasteiger partial charge is 0.492 e. The number of para-hydroxylation sites is 1. The van der Waals surface area contributed by atoms with Crippen LogP contribution in [0, 0.1) is 0 Å². The van der Waals surface area contributed by atoms with E-state index in [2.05, 4.69) is 11.3 Å². The first-order valence-corrected chi connectivity index (χ1v) is 8.42. The van der Waals surface area contributed by atoms with Crippen LogP contribution in [0.25, 0.3) is 0 Å². The molecule has 0 spiro atoms. The molecule has 1 aromatic carbocycles. The molecule has 110 valence electrons. The third-order valence-electron chi connectivity index (χ3n) is 3.45. The number of nitrogens with one attached hydrogen (secondary N) is 1. The zero-order valence-corrected chi connectivity index (χ0v) is 12.6. The standard InChI is InChI=1S/C15H21NO3S/c1-3-19-14-6-4-5-7-15(14)20(17,18)16-13-10-8-12(2)9-11-13/h4-7,13,16H,2-3,8-11H2,1H3. The van der Waals surface area contributed by atoms with E-state index in [0.29, 0.717) is 12.4 Å². The van der Waals surface area contributed by atoms with E-state index in [4.69, 9.17) is 4.74 Å². The summed E-state index contributed by atoms with van der Waals surface area (Å²) >= 11 is 0. The molecule has 0 saturated heterocycles. The van der Waals surface area contributed by atoms with E-state index in [1.165, 1.54) is 5.57 Å². The zero-order valence-electron chi connectivity index (χ0n) is 11.8. The Balaban J connectivity index is 2.16. The van der Waals surface area contributed by atoms with Gasteiger partial charge in [-0.1, -0.05) is 24.3 Å². The molecule has 1 aliphatic rings. The summed E-state index contributed by atoms with van der Waals surface area (Å²) in [5.41, 5.74) is 1.20. The van der Waals surface area contributed by atoms with Crippen LogP contribution in [0.15, 0.2) is 41.3 Å². The molecule has 20 heavy (non-hydrogen) atoms. The summed E-state index contributed by atoms with van der Waals surface area (Å²) in [6, 6.07) is 6.73. The average molecular weight is 295 g/mol. The minimum atomic E-state index is -3.53. The fourth-order valence-corrected chi connectivity index (χ4v) is 3.82. The van der Waals surface area contributed by atoms with Gasteiger partial charge in [0.25, 0.3) is 0 Å². The first-order chi connectivity index (χ1) is 9.53. The molecule has 0 aromatic heterocycles. The molecule has 0 amide bonds. The van der Waals surface area contributed by atoms with Crippen LogP contribution >= 0.6 is 0 Å². The Hall–Kier alpha value is -1.33. The Morgan fingerprint density at radius 3 is 2.60 bits per heavy atom. The number of hydrogen-bond acceptors (Lipinski definition) is 3. The molecule has 0 aliphatic heterocycles. The Morgan fingerprint density at radius 2 is 1.95 bits per heavy atom. The molecule has 1 saturated carbocycles. The summed E-state index contributed by atoms with van der Waals surface area (Å²) in [4.78, 5) is 0.214. The van der Waals surface area contributed by atoms with Crippen molar-refractivity contribution in [3.8, 4) is 5.75 Å². The quantitative estimate of drug-likeness (QED) is 0.850. The van der Waals surface area contributed by atoms with Crippen LogP contribution in [0.1, 0.15) is 32.6 Å². The number of benzene rings is 1. The van der Waals surface area contributed by atoms with E-state index in [9.17, 15) is 8.42 Å². The molecule has 0 heterocycles. The molecule has 4 nitrogen and oxygen atoms in total. The molecular weight excluding hydrogens is 274 g/mol. The number of sulfonamides is 1. The van der Waals surface area contributed by atoms with Crippen molar-refractivity contribution < 1.29 is 13.2 Å². The number of rotatable bonds is 5. The van der Waals surface area contributed by atoms with Gasteiger partial charge >= 0.3 is 0 Å². The lowest BCUT2D eigenvalue weighted by atomic mass is 9.93. The van der Waals surface area contributed by atoms with Gasteiger partial charge in [-0.2, -0.15) is 0 Å². The maximum absolute atomic E-state index is 12.5. The van der Waals surface area contributed by atoms with Crippen molar-refractivity contribution in [3.05, 3.63) is 36.4 Å². The third kappa shape index (κ3) is 3.61. The Morgan fingerprint density at radius 1 is 1.30 bits per heavy atom. The van der Waals surface area contributed by atoms with Gasteiger partial charge in [-0.15, -0.1) is 0 Å². The lowest BCUT2D eigenvalue weighted by Crippen LogP contribution is -2.36. The van der Waals surface area contributed by atoms with Gasteiger partial charge in [0.1, 0.15) is 10.6 Å². The zero-order chi connectivity index (χ0) is 14.6. The van der Waals surface area contributed by atoms with E-state index >= 15 is 0 Å². The van der Waals surface area contributed by atoms with Crippen molar-refractivity contribution in [1.82, 2.24) is 4.72 Å². The van der Waals surface area contributed by atoms with Crippen LogP contribution < -0.4 is 9.46 Å². The number of ether oxygens (including phenoxy) is 1. The minimum absolute atomic E-state index is 0.0137. The van der Waals surface area contributed by atoms with Gasteiger partial charge in [-0.05, 0) is 44.7 Å². The van der Waals surface area contributed by atoms with E-state index in [0.717, 1.165) is 25.7 Å². The van der Waals surface area contributed by atoms with Crippen molar-refractivity contribution in [3.63, 3.8) is 0 Å². The van der Waals surface area contributed by atoms with Crippen LogP contribution in [0.2, 0.25) is 0 Å². The highest BCUT2D eigenvalue weighted by atomic mass is 32.2. The monoisotopic (exact) mass is 295 g/mol. The molecule has 0 radical (unpaired) electrons. The molecule has 0 atom stereocenters. The summed E-state index contributed by atoms with van der Waals surface area (Å²) in [7, 11) is -3.53. The fraction of sp³-hybridized carbons (Fsp3) is 0.467. The van der Waals surface area contributed by atoms with Crippen molar-refractivity contribution in [2.24, 2.45) is 0 Å². The first-order valence-electron chi connectivity index (χ1n) is 6.93. The van der Waals surface area contributed by atoms with Gasteiger partial charge < -0.3 is 4.74 Å². The molecule has 5 heteroatoms. The van der Waals surface area contributed by atoms with Crippen molar-refractivity contribution in [2.75, 3.05) is 6.61 Å². The van der Waals surface area contributed by atoms with E-state index in [1.807, 2.05) is 6.92 Å². The molecule has 1 fully saturated rings. The Bertz CT molecular complexity index is 571. The van der Waals surface area contributed by atoms with Crippen molar-refractivity contribution in [1.29, 1.82) is 0 Å². The predicted molar refractivity (Wildman–Crippen MR) is 79.3 cm³/mol. The third-order valence-corrected chi connectivity index (χ3v) is 5.01. The maximum Gasteiger partial charge on any atom is 0.244 e. The van der Waals surface area contributed by atoms with Crippen LogP contribution in [-0.4, -0.2) is 21.1 Å². The second-order valence-electron chi connectivity index (χ2n) is 5.03. The van der Waals surface area contributed by atoms with Gasteiger partial charge in [-0.25, -0.2) is 13.1 Å². The summed E-state index contributed by atoms with van der Waals surface area (Å²) in [5.74, 6) is 0.405. The van der Waals surface area contributed by atoms with E-state index < -0.39 is 10.0 Å². The highest BCUT2D eigenvalue weighted by Gasteiger charge is 2.25. The highest BCUT2D eigenvalue weighted by Crippen LogP contribution is 2.26. The summed E-state index contributed by atoms with van der Waals surface area (Å²) in [5, 5.41) is 0. The summed E-state index contributed by atoms with van der Waals surface area (Å²) in [6.45, 7) is 6.22. The van der Waals surface area contributed by atoms with Gasteiger partial charge in [0, 0.05) is 6.04 Å². The van der Waals surface area contributed by atoms with Crippen LogP contribution in [-0.2, 0) is 10.0 Å². The van der Waals surface area contributed by atoms with Gasteiger partial charge in [0.15, 0.2) is 0 Å². The molecule has 1 aliphatic carbocycles. The van der Waals surface area contributed by atoms with Crippen LogP contribution in [0.3, 0.4) is 0 Å². The minimum Gasteiger partial charge on any atom is -0.492 e. The van der Waals surface area contributed by atoms with Crippen molar-refractivity contribution in [2.45, 2.75) is 43.5 Å². The lowest BCUT2D eigenvalue weighted by Gasteiger charge is -2.24. The molecule has 0 bridgehead atoms.